The van der Waals surface area contributed by atoms with Gasteiger partial charge in [0.25, 0.3) is 0 Å². The Balaban J connectivity index is 2.04. The molecule has 0 saturated carbocycles. The Morgan fingerprint density at radius 2 is 2.31 bits per heavy atom. The van der Waals surface area contributed by atoms with Gasteiger partial charge in [-0.05, 0) is 12.1 Å². The second kappa shape index (κ2) is 4.22. The minimum absolute atomic E-state index is 0.193. The second-order valence-electron chi connectivity index (χ2n) is 3.50. The van der Waals surface area contributed by atoms with Crippen molar-refractivity contribution in [2.45, 2.75) is 6.61 Å². The Kier molecular flexibility index (Phi) is 2.76. The molecule has 16 heavy (non-hydrogen) atoms. The molecule has 1 heterocycles. The Morgan fingerprint density at radius 3 is 2.94 bits per heavy atom. The molecule has 0 fully saturated rings. The summed E-state index contributed by atoms with van der Waals surface area (Å²) in [6.45, 7) is 0.286. The monoisotopic (exact) mass is 221 g/mol. The van der Waals surface area contributed by atoms with Crippen LogP contribution in [0.1, 0.15) is 5.56 Å². The maximum Gasteiger partial charge on any atom is 0.167 e. The van der Waals surface area contributed by atoms with Crippen LogP contribution in [0.15, 0.2) is 30.6 Å². The first kappa shape index (κ1) is 10.5. The predicted octanol–water partition coefficient (Wildman–Crippen LogP) is 1.72. The summed E-state index contributed by atoms with van der Waals surface area (Å²) in [4.78, 5) is 0. The van der Waals surface area contributed by atoms with Gasteiger partial charge in [0.15, 0.2) is 11.6 Å². The van der Waals surface area contributed by atoms with Gasteiger partial charge in [-0.2, -0.15) is 5.10 Å². The zero-order chi connectivity index (χ0) is 11.5. The van der Waals surface area contributed by atoms with Crippen LogP contribution in [-0.4, -0.2) is 9.78 Å². The number of aryl methyl sites for hydroxylation is 1. The third-order valence-corrected chi connectivity index (χ3v) is 2.11. The number of nitrogens with two attached hydrogens (primary N) is 1. The maximum absolute atomic E-state index is 13.3. The molecule has 1 aromatic heterocycles. The SMILES string of the molecule is Cn1cc(COc2ccc(N)cc2F)cn1. The van der Waals surface area contributed by atoms with Gasteiger partial charge in [0.05, 0.1) is 6.20 Å². The molecule has 0 unspecified atom stereocenters. The normalized spacial score (nSPS) is 10.4. The first-order chi connectivity index (χ1) is 7.65. The Bertz CT molecular complexity index is 496. The topological polar surface area (TPSA) is 53.1 Å². The first-order valence-corrected chi connectivity index (χ1v) is 4.80. The maximum atomic E-state index is 13.3. The van der Waals surface area contributed by atoms with E-state index in [1.165, 1.54) is 12.1 Å². The van der Waals surface area contributed by atoms with Gasteiger partial charge in [-0.3, -0.25) is 4.68 Å². The van der Waals surface area contributed by atoms with Crippen LogP contribution < -0.4 is 10.5 Å². The van der Waals surface area contributed by atoms with Crippen molar-refractivity contribution in [2.75, 3.05) is 5.73 Å². The number of anilines is 1. The fourth-order valence-corrected chi connectivity index (χ4v) is 1.34. The van der Waals surface area contributed by atoms with Gasteiger partial charge in [0, 0.05) is 30.6 Å². The summed E-state index contributed by atoms with van der Waals surface area (Å²) in [5, 5.41) is 3.99. The molecule has 1 aromatic carbocycles. The van der Waals surface area contributed by atoms with E-state index in [0.717, 1.165) is 5.56 Å². The van der Waals surface area contributed by atoms with Crippen LogP contribution >= 0.6 is 0 Å². The van der Waals surface area contributed by atoms with Crippen molar-refractivity contribution in [1.29, 1.82) is 0 Å². The molecule has 0 aliphatic carbocycles. The highest BCUT2D eigenvalue weighted by Crippen LogP contribution is 2.20. The molecule has 84 valence electrons. The van der Waals surface area contributed by atoms with Crippen molar-refractivity contribution in [3.8, 4) is 5.75 Å². The minimum Gasteiger partial charge on any atom is -0.486 e. The van der Waals surface area contributed by atoms with Gasteiger partial charge < -0.3 is 10.5 Å². The van der Waals surface area contributed by atoms with E-state index in [0.29, 0.717) is 5.69 Å². The molecule has 0 spiro atoms. The fourth-order valence-electron chi connectivity index (χ4n) is 1.34. The largest absolute Gasteiger partial charge is 0.486 e. The third kappa shape index (κ3) is 2.31. The van der Waals surface area contributed by atoms with Gasteiger partial charge in [0.1, 0.15) is 6.61 Å². The summed E-state index contributed by atoms with van der Waals surface area (Å²) in [6, 6.07) is 4.35. The smallest absolute Gasteiger partial charge is 0.167 e. The lowest BCUT2D eigenvalue weighted by Gasteiger charge is -2.05. The van der Waals surface area contributed by atoms with Gasteiger partial charge in [-0.25, -0.2) is 4.39 Å². The van der Waals surface area contributed by atoms with Crippen molar-refractivity contribution in [1.82, 2.24) is 9.78 Å². The molecular formula is C11H12FN3O. The van der Waals surface area contributed by atoms with Gasteiger partial charge in [-0.15, -0.1) is 0 Å². The van der Waals surface area contributed by atoms with Gasteiger partial charge >= 0.3 is 0 Å². The summed E-state index contributed by atoms with van der Waals surface area (Å²) in [5.74, 6) is -0.262. The van der Waals surface area contributed by atoms with E-state index in [1.54, 1.807) is 16.9 Å². The Morgan fingerprint density at radius 1 is 1.50 bits per heavy atom. The lowest BCUT2D eigenvalue weighted by Crippen LogP contribution is -1.97. The molecule has 0 aliphatic heterocycles. The van der Waals surface area contributed by atoms with E-state index in [1.807, 2.05) is 13.2 Å². The molecular weight excluding hydrogens is 209 g/mol. The molecule has 0 radical (unpaired) electrons. The van der Waals surface area contributed by atoms with Crippen molar-refractivity contribution in [2.24, 2.45) is 7.05 Å². The van der Waals surface area contributed by atoms with Crippen LogP contribution in [0.3, 0.4) is 0 Å². The summed E-state index contributed by atoms with van der Waals surface area (Å²) in [6.07, 6.45) is 3.49. The molecule has 4 nitrogen and oxygen atoms in total. The standard InChI is InChI=1S/C11H12FN3O/c1-15-6-8(5-14-15)7-16-11-3-2-9(13)4-10(11)12/h2-6H,7,13H2,1H3. The summed E-state index contributed by atoms with van der Waals surface area (Å²) in [7, 11) is 1.81. The minimum atomic E-state index is -0.455. The van der Waals surface area contributed by atoms with E-state index >= 15 is 0 Å². The molecule has 0 atom stereocenters. The highest BCUT2D eigenvalue weighted by molar-refractivity contribution is 5.42. The van der Waals surface area contributed by atoms with Crippen LogP contribution in [0.5, 0.6) is 5.75 Å². The van der Waals surface area contributed by atoms with E-state index in [2.05, 4.69) is 5.10 Å². The average Bonchev–Trinajstić information content (AvgIpc) is 2.63. The quantitative estimate of drug-likeness (QED) is 0.803. The zero-order valence-electron chi connectivity index (χ0n) is 8.85. The number of nitrogen functional groups attached to an aromatic ring is 1. The summed E-state index contributed by atoms with van der Waals surface area (Å²) >= 11 is 0. The second-order valence-corrected chi connectivity index (χ2v) is 3.50. The molecule has 2 rings (SSSR count). The number of ether oxygens (including phenoxy) is 1. The Hall–Kier alpha value is -2.04. The number of aromatic nitrogens is 2. The molecule has 5 heteroatoms. The zero-order valence-corrected chi connectivity index (χ0v) is 8.85. The van der Waals surface area contributed by atoms with Gasteiger partial charge in [0.2, 0.25) is 0 Å². The average molecular weight is 221 g/mol. The molecule has 2 N–H and O–H groups in total. The Labute approximate surface area is 92.4 Å². The molecule has 0 saturated heterocycles. The van der Waals surface area contributed by atoms with Crippen LogP contribution in [0, 0.1) is 5.82 Å². The lowest BCUT2D eigenvalue weighted by atomic mass is 10.3. The first-order valence-electron chi connectivity index (χ1n) is 4.80. The van der Waals surface area contributed by atoms with E-state index in [9.17, 15) is 4.39 Å². The number of hydrogen-bond acceptors (Lipinski definition) is 3. The van der Waals surface area contributed by atoms with Crippen molar-refractivity contribution in [3.05, 3.63) is 42.0 Å². The lowest BCUT2D eigenvalue weighted by molar-refractivity contribution is 0.290. The van der Waals surface area contributed by atoms with Crippen LogP contribution in [0.4, 0.5) is 10.1 Å². The summed E-state index contributed by atoms with van der Waals surface area (Å²) < 4.78 is 20.3. The van der Waals surface area contributed by atoms with E-state index in [4.69, 9.17) is 10.5 Å². The third-order valence-electron chi connectivity index (χ3n) is 2.11. The van der Waals surface area contributed by atoms with E-state index in [-0.39, 0.29) is 12.4 Å². The van der Waals surface area contributed by atoms with Crippen molar-refractivity contribution in [3.63, 3.8) is 0 Å². The summed E-state index contributed by atoms with van der Waals surface area (Å²) in [5.41, 5.74) is 6.70. The molecule has 0 amide bonds. The fraction of sp³-hybridized carbons (Fsp3) is 0.182. The number of halogens is 1. The van der Waals surface area contributed by atoms with Crippen LogP contribution in [0.2, 0.25) is 0 Å². The number of hydrogen-bond donors (Lipinski definition) is 1. The van der Waals surface area contributed by atoms with Crippen LogP contribution in [0.25, 0.3) is 0 Å². The molecule has 0 aliphatic rings. The number of benzene rings is 1. The number of rotatable bonds is 3. The highest BCUT2D eigenvalue weighted by atomic mass is 19.1. The molecule has 2 aromatic rings. The van der Waals surface area contributed by atoms with Gasteiger partial charge in [-0.1, -0.05) is 0 Å². The molecule has 0 bridgehead atoms. The number of nitrogens with zero attached hydrogens (tertiary/aromatic N) is 2. The van der Waals surface area contributed by atoms with Crippen molar-refractivity contribution < 1.29 is 9.13 Å². The van der Waals surface area contributed by atoms with Crippen molar-refractivity contribution >= 4 is 5.69 Å². The highest BCUT2D eigenvalue weighted by Gasteiger charge is 2.04. The van der Waals surface area contributed by atoms with Crippen LogP contribution in [-0.2, 0) is 13.7 Å². The predicted molar refractivity (Wildman–Crippen MR) is 58.4 cm³/mol. The van der Waals surface area contributed by atoms with E-state index < -0.39 is 5.82 Å².